The van der Waals surface area contributed by atoms with Crippen LogP contribution in [0.1, 0.15) is 19.4 Å². The number of nitro groups is 1. The number of esters is 1. The van der Waals surface area contributed by atoms with Crippen molar-refractivity contribution in [1.82, 2.24) is 9.55 Å². The average Bonchev–Trinajstić information content (AvgIpc) is 2.89. The van der Waals surface area contributed by atoms with Gasteiger partial charge in [0.1, 0.15) is 12.4 Å². The van der Waals surface area contributed by atoms with Crippen LogP contribution in [0.4, 0.5) is 5.95 Å². The number of imidazole rings is 1. The molecule has 0 aliphatic rings. The van der Waals surface area contributed by atoms with Crippen LogP contribution in [0.25, 0.3) is 0 Å². The van der Waals surface area contributed by atoms with Gasteiger partial charge in [-0.2, -0.15) is 0 Å². The van der Waals surface area contributed by atoms with E-state index in [9.17, 15) is 14.9 Å². The summed E-state index contributed by atoms with van der Waals surface area (Å²) < 4.78 is 5.91. The summed E-state index contributed by atoms with van der Waals surface area (Å²) in [6.07, 6.45) is 3.03. The van der Waals surface area contributed by atoms with Crippen LogP contribution in [0.15, 0.2) is 42.7 Å². The molecule has 112 valence electrons. The molecule has 0 aliphatic carbocycles. The van der Waals surface area contributed by atoms with E-state index >= 15 is 0 Å². The van der Waals surface area contributed by atoms with Crippen LogP contribution in [0.3, 0.4) is 0 Å². The van der Waals surface area contributed by atoms with Crippen molar-refractivity contribution in [2.45, 2.75) is 20.4 Å². The lowest BCUT2D eigenvalue weighted by atomic mass is 10.2. The number of nitrogens with zero attached hydrogens (tertiary/aromatic N) is 3. The smallest absolute Gasteiger partial charge is 0.434 e. The summed E-state index contributed by atoms with van der Waals surface area (Å²) in [4.78, 5) is 23.6. The maximum Gasteiger partial charge on any atom is 0.434 e. The van der Waals surface area contributed by atoms with Gasteiger partial charge in [0.15, 0.2) is 0 Å². The molecular weight excluding hydrogens is 274 g/mol. The minimum atomic E-state index is -0.483. The Hall–Kier alpha value is -2.70. The van der Waals surface area contributed by atoms with Crippen LogP contribution >= 0.6 is 0 Å². The first kappa shape index (κ1) is 16.4. The lowest BCUT2D eigenvalue weighted by Crippen LogP contribution is -2.03. The van der Waals surface area contributed by atoms with Gasteiger partial charge in [-0.15, -0.1) is 0 Å². The van der Waals surface area contributed by atoms with Gasteiger partial charge < -0.3 is 14.9 Å². The lowest BCUT2D eigenvalue weighted by molar-refractivity contribution is -0.396. The third-order valence-electron chi connectivity index (χ3n) is 2.40. The fraction of sp³-hybridized carbons (Fsp3) is 0.286. The largest absolute Gasteiger partial charge is 0.466 e. The van der Waals surface area contributed by atoms with E-state index in [0.717, 1.165) is 5.56 Å². The van der Waals surface area contributed by atoms with Crippen molar-refractivity contribution in [3.8, 4) is 0 Å². The highest BCUT2D eigenvalue weighted by atomic mass is 16.6. The number of hydrogen-bond acceptors (Lipinski definition) is 5. The van der Waals surface area contributed by atoms with E-state index in [4.69, 9.17) is 0 Å². The zero-order valence-electron chi connectivity index (χ0n) is 11.9. The highest BCUT2D eigenvalue weighted by Crippen LogP contribution is 2.10. The Morgan fingerprint density at radius 3 is 2.52 bits per heavy atom. The van der Waals surface area contributed by atoms with Crippen molar-refractivity contribution >= 4 is 11.9 Å². The van der Waals surface area contributed by atoms with Gasteiger partial charge in [0, 0.05) is 6.92 Å². The van der Waals surface area contributed by atoms with Gasteiger partial charge in [-0.3, -0.25) is 4.79 Å². The van der Waals surface area contributed by atoms with Crippen molar-refractivity contribution in [2.75, 3.05) is 6.61 Å². The van der Waals surface area contributed by atoms with Gasteiger partial charge in [-0.1, -0.05) is 35.3 Å². The molecule has 1 aromatic heterocycles. The number of rotatable bonds is 4. The van der Waals surface area contributed by atoms with Crippen LogP contribution in [-0.4, -0.2) is 27.1 Å². The molecule has 0 amide bonds. The second-order valence-electron chi connectivity index (χ2n) is 4.02. The van der Waals surface area contributed by atoms with Gasteiger partial charge in [0.05, 0.1) is 13.2 Å². The van der Waals surface area contributed by atoms with Crippen molar-refractivity contribution in [3.05, 3.63) is 58.4 Å². The van der Waals surface area contributed by atoms with Crippen LogP contribution in [0, 0.1) is 10.1 Å². The van der Waals surface area contributed by atoms with Crippen LogP contribution in [-0.2, 0) is 16.1 Å². The second kappa shape index (κ2) is 8.47. The molecule has 2 aromatic rings. The number of hydrogen-bond donors (Lipinski definition) is 0. The third kappa shape index (κ3) is 5.85. The Morgan fingerprint density at radius 2 is 2.05 bits per heavy atom. The number of carbonyl (C=O) groups is 1. The standard InChI is InChI=1S/C10H9N3O2.C4H8O2/c14-13(15)10-11-6-7-12(10)8-9-4-2-1-3-5-9;1-3-6-4(2)5/h1-7H,8H2;3H2,1-2H3. The summed E-state index contributed by atoms with van der Waals surface area (Å²) in [5.41, 5.74) is 1.01. The molecule has 0 saturated carbocycles. The summed E-state index contributed by atoms with van der Waals surface area (Å²) in [7, 11) is 0. The minimum Gasteiger partial charge on any atom is -0.466 e. The molecule has 0 aliphatic heterocycles. The molecule has 0 unspecified atom stereocenters. The number of benzene rings is 1. The molecule has 0 atom stereocenters. The first-order valence-corrected chi connectivity index (χ1v) is 6.37. The van der Waals surface area contributed by atoms with Crippen molar-refractivity contribution in [2.24, 2.45) is 0 Å². The quantitative estimate of drug-likeness (QED) is 0.490. The highest BCUT2D eigenvalue weighted by Gasteiger charge is 2.13. The Labute approximate surface area is 122 Å². The average molecular weight is 291 g/mol. The number of aromatic nitrogens is 2. The fourth-order valence-corrected chi connectivity index (χ4v) is 1.58. The van der Waals surface area contributed by atoms with Crippen LogP contribution in [0.5, 0.6) is 0 Å². The van der Waals surface area contributed by atoms with Gasteiger partial charge in [0.2, 0.25) is 0 Å². The molecule has 0 bridgehead atoms. The summed E-state index contributed by atoms with van der Waals surface area (Å²) >= 11 is 0. The number of ether oxygens (including phenoxy) is 1. The molecule has 0 fully saturated rings. The first-order valence-electron chi connectivity index (χ1n) is 6.37. The molecule has 7 heteroatoms. The van der Waals surface area contributed by atoms with Gasteiger partial charge in [0.25, 0.3) is 0 Å². The summed E-state index contributed by atoms with van der Waals surface area (Å²) in [5.74, 6) is -0.337. The summed E-state index contributed by atoms with van der Waals surface area (Å²) in [6, 6.07) is 9.55. The molecule has 1 heterocycles. The predicted molar refractivity (Wildman–Crippen MR) is 76.7 cm³/mol. The van der Waals surface area contributed by atoms with E-state index in [-0.39, 0.29) is 11.9 Å². The van der Waals surface area contributed by atoms with Gasteiger partial charge in [-0.25, -0.2) is 4.57 Å². The molecule has 2 rings (SSSR count). The normalized spacial score (nSPS) is 9.43. The fourth-order valence-electron chi connectivity index (χ4n) is 1.58. The molecule has 0 spiro atoms. The van der Waals surface area contributed by atoms with Crippen molar-refractivity contribution < 1.29 is 14.5 Å². The highest BCUT2D eigenvalue weighted by molar-refractivity contribution is 5.65. The zero-order chi connectivity index (χ0) is 15.7. The molecule has 1 aromatic carbocycles. The minimum absolute atomic E-state index is 0.126. The van der Waals surface area contributed by atoms with E-state index < -0.39 is 4.92 Å². The lowest BCUT2D eigenvalue weighted by Gasteiger charge is -2.00. The van der Waals surface area contributed by atoms with E-state index in [2.05, 4.69) is 9.72 Å². The van der Waals surface area contributed by atoms with Crippen LogP contribution < -0.4 is 0 Å². The van der Waals surface area contributed by atoms with Crippen molar-refractivity contribution in [3.63, 3.8) is 0 Å². The van der Waals surface area contributed by atoms with Gasteiger partial charge >= 0.3 is 11.9 Å². The molecule has 0 radical (unpaired) electrons. The Bertz CT molecular complexity index is 581. The second-order valence-corrected chi connectivity index (χ2v) is 4.02. The van der Waals surface area contributed by atoms with Crippen molar-refractivity contribution in [1.29, 1.82) is 0 Å². The number of carbonyl (C=O) groups excluding carboxylic acids is 1. The first-order chi connectivity index (χ1) is 10.0. The maximum atomic E-state index is 10.6. The summed E-state index contributed by atoms with van der Waals surface area (Å²) in [6.45, 7) is 4.12. The SMILES string of the molecule is CCOC(C)=O.O=[N+]([O-])c1nccn1Cc1ccccc1. The van der Waals surface area contributed by atoms with Crippen LogP contribution in [0.2, 0.25) is 0 Å². The monoisotopic (exact) mass is 291 g/mol. The molecular formula is C14H17N3O4. The Kier molecular flexibility index (Phi) is 6.59. The zero-order valence-corrected chi connectivity index (χ0v) is 11.9. The summed E-state index contributed by atoms with van der Waals surface area (Å²) in [5, 5.41) is 10.6. The van der Waals surface area contributed by atoms with E-state index in [0.29, 0.717) is 13.2 Å². The van der Waals surface area contributed by atoms with Gasteiger partial charge in [-0.05, 0) is 17.4 Å². The van der Waals surface area contributed by atoms with E-state index in [1.165, 1.54) is 17.7 Å². The third-order valence-corrected chi connectivity index (χ3v) is 2.40. The molecule has 0 N–H and O–H groups in total. The predicted octanol–water partition coefficient (Wildman–Crippen LogP) is 2.41. The molecule has 7 nitrogen and oxygen atoms in total. The Morgan fingerprint density at radius 1 is 1.38 bits per heavy atom. The molecule has 0 saturated heterocycles. The molecule has 21 heavy (non-hydrogen) atoms. The van der Waals surface area contributed by atoms with E-state index in [1.54, 1.807) is 13.1 Å². The topological polar surface area (TPSA) is 87.3 Å². The van der Waals surface area contributed by atoms with E-state index in [1.807, 2.05) is 30.3 Å². The Balaban J connectivity index is 0.000000315. The maximum absolute atomic E-state index is 10.6.